The van der Waals surface area contributed by atoms with E-state index in [1.54, 1.807) is 0 Å². The van der Waals surface area contributed by atoms with Crippen LogP contribution in [-0.4, -0.2) is 37.1 Å². The van der Waals surface area contributed by atoms with Crippen LogP contribution in [0.25, 0.3) is 0 Å². The standard InChI is InChI=1S/C11H19F6NO/c1-9(2,3)18-6-4-5-7-19-8(10(12,13)14)11(15,16)17/h8,18H,4-7H2,1-3H3. The minimum absolute atomic E-state index is 0.131. The van der Waals surface area contributed by atoms with Crippen molar-refractivity contribution < 1.29 is 31.1 Å². The van der Waals surface area contributed by atoms with E-state index in [2.05, 4.69) is 10.1 Å². The molecule has 0 saturated carbocycles. The summed E-state index contributed by atoms with van der Waals surface area (Å²) in [6.45, 7) is 5.66. The lowest BCUT2D eigenvalue weighted by atomic mass is 10.1. The first kappa shape index (κ1) is 18.5. The minimum Gasteiger partial charge on any atom is -0.361 e. The maximum Gasteiger partial charge on any atom is 0.423 e. The maximum absolute atomic E-state index is 12.1. The van der Waals surface area contributed by atoms with Crippen LogP contribution < -0.4 is 5.32 Å². The van der Waals surface area contributed by atoms with Gasteiger partial charge in [0.15, 0.2) is 0 Å². The lowest BCUT2D eigenvalue weighted by molar-refractivity contribution is -0.321. The zero-order chi connectivity index (χ0) is 15.3. The highest BCUT2D eigenvalue weighted by molar-refractivity contribution is 4.76. The number of unbranched alkanes of at least 4 members (excludes halogenated alkanes) is 1. The molecular formula is C11H19F6NO. The number of ether oxygens (including phenoxy) is 1. The normalized spacial score (nSPS) is 14.2. The van der Waals surface area contributed by atoms with Gasteiger partial charge in [0.2, 0.25) is 6.10 Å². The Hall–Kier alpha value is -0.500. The monoisotopic (exact) mass is 295 g/mol. The lowest BCUT2D eigenvalue weighted by Gasteiger charge is -2.23. The number of alkyl halides is 6. The van der Waals surface area contributed by atoms with Gasteiger partial charge in [-0.15, -0.1) is 0 Å². The van der Waals surface area contributed by atoms with Gasteiger partial charge in [-0.3, -0.25) is 0 Å². The van der Waals surface area contributed by atoms with Gasteiger partial charge in [-0.2, -0.15) is 26.3 Å². The summed E-state index contributed by atoms with van der Waals surface area (Å²) in [5, 5.41) is 3.07. The van der Waals surface area contributed by atoms with Crippen LogP contribution in [0.2, 0.25) is 0 Å². The minimum atomic E-state index is -5.43. The van der Waals surface area contributed by atoms with Gasteiger partial charge in [0.1, 0.15) is 0 Å². The molecule has 0 aliphatic rings. The van der Waals surface area contributed by atoms with Gasteiger partial charge in [0.25, 0.3) is 0 Å². The van der Waals surface area contributed by atoms with Crippen LogP contribution >= 0.6 is 0 Å². The molecule has 0 saturated heterocycles. The Labute approximate surface area is 108 Å². The molecule has 0 unspecified atom stereocenters. The Morgan fingerprint density at radius 2 is 1.37 bits per heavy atom. The Morgan fingerprint density at radius 3 is 1.74 bits per heavy atom. The zero-order valence-corrected chi connectivity index (χ0v) is 11.1. The van der Waals surface area contributed by atoms with Crippen molar-refractivity contribution in [3.8, 4) is 0 Å². The smallest absolute Gasteiger partial charge is 0.361 e. The molecule has 0 radical (unpaired) electrons. The second-order valence-electron chi connectivity index (χ2n) is 5.22. The molecule has 1 N–H and O–H groups in total. The third-order valence-electron chi connectivity index (χ3n) is 2.11. The molecule has 0 atom stereocenters. The highest BCUT2D eigenvalue weighted by Gasteiger charge is 2.57. The largest absolute Gasteiger partial charge is 0.423 e. The van der Waals surface area contributed by atoms with Crippen molar-refractivity contribution in [3.63, 3.8) is 0 Å². The summed E-state index contributed by atoms with van der Waals surface area (Å²) < 4.78 is 76.5. The Balaban J connectivity index is 3.97. The van der Waals surface area contributed by atoms with E-state index in [0.717, 1.165) is 0 Å². The zero-order valence-electron chi connectivity index (χ0n) is 11.1. The van der Waals surface area contributed by atoms with Crippen LogP contribution in [0.3, 0.4) is 0 Å². The lowest BCUT2D eigenvalue weighted by Crippen LogP contribution is -2.44. The summed E-state index contributed by atoms with van der Waals surface area (Å²) in [7, 11) is 0. The molecule has 0 aromatic rings. The number of rotatable bonds is 6. The maximum atomic E-state index is 12.1. The van der Waals surface area contributed by atoms with Crippen LogP contribution in [0.5, 0.6) is 0 Å². The highest BCUT2D eigenvalue weighted by atomic mass is 19.4. The molecule has 8 heteroatoms. The fourth-order valence-electron chi connectivity index (χ4n) is 1.27. The molecule has 2 nitrogen and oxygen atoms in total. The Kier molecular flexibility index (Phi) is 6.61. The van der Waals surface area contributed by atoms with Gasteiger partial charge in [0, 0.05) is 12.1 Å². The van der Waals surface area contributed by atoms with E-state index in [9.17, 15) is 26.3 Å². The Morgan fingerprint density at radius 1 is 0.895 bits per heavy atom. The summed E-state index contributed by atoms with van der Waals surface area (Å²) in [5.74, 6) is 0. The third-order valence-corrected chi connectivity index (χ3v) is 2.11. The number of halogens is 6. The van der Waals surface area contributed by atoms with Crippen LogP contribution in [0.4, 0.5) is 26.3 Å². The molecule has 0 heterocycles. The Bertz CT molecular complexity index is 241. The van der Waals surface area contributed by atoms with Crippen LogP contribution in [0.1, 0.15) is 33.6 Å². The van der Waals surface area contributed by atoms with Crippen molar-refractivity contribution >= 4 is 0 Å². The van der Waals surface area contributed by atoms with Crippen molar-refractivity contribution in [2.75, 3.05) is 13.2 Å². The molecule has 116 valence electrons. The quantitative estimate of drug-likeness (QED) is 0.596. The second-order valence-corrected chi connectivity index (χ2v) is 5.22. The molecule has 0 aliphatic carbocycles. The van der Waals surface area contributed by atoms with Crippen molar-refractivity contribution in [2.45, 2.75) is 57.6 Å². The van der Waals surface area contributed by atoms with E-state index in [1.807, 2.05) is 20.8 Å². The van der Waals surface area contributed by atoms with Gasteiger partial charge in [-0.05, 0) is 40.2 Å². The first-order valence-corrected chi connectivity index (χ1v) is 5.84. The van der Waals surface area contributed by atoms with E-state index < -0.39 is 25.1 Å². The predicted octanol–water partition coefficient (Wildman–Crippen LogP) is 3.66. The first-order chi connectivity index (χ1) is 8.34. The van der Waals surface area contributed by atoms with Gasteiger partial charge in [-0.1, -0.05) is 0 Å². The van der Waals surface area contributed by atoms with Crippen LogP contribution in [0.15, 0.2) is 0 Å². The van der Waals surface area contributed by atoms with Gasteiger partial charge in [-0.25, -0.2) is 0 Å². The average molecular weight is 295 g/mol. The van der Waals surface area contributed by atoms with Gasteiger partial charge in [0.05, 0.1) is 0 Å². The molecule has 0 amide bonds. The average Bonchev–Trinajstić information content (AvgIpc) is 2.10. The van der Waals surface area contributed by atoms with Gasteiger partial charge < -0.3 is 10.1 Å². The fraction of sp³-hybridized carbons (Fsp3) is 1.00. The summed E-state index contributed by atoms with van der Waals surface area (Å²) in [6.07, 6.45) is -14.0. The van der Waals surface area contributed by atoms with Crippen molar-refractivity contribution in [1.82, 2.24) is 5.32 Å². The van der Waals surface area contributed by atoms with Crippen molar-refractivity contribution in [3.05, 3.63) is 0 Å². The SMILES string of the molecule is CC(C)(C)NCCCCOC(C(F)(F)F)C(F)(F)F. The molecule has 0 aliphatic heterocycles. The third kappa shape index (κ3) is 9.10. The molecular weight excluding hydrogens is 276 g/mol. The van der Waals surface area contributed by atoms with E-state index >= 15 is 0 Å². The predicted molar refractivity (Wildman–Crippen MR) is 58.8 cm³/mol. The number of hydrogen-bond acceptors (Lipinski definition) is 2. The molecule has 0 bridgehead atoms. The van der Waals surface area contributed by atoms with Crippen molar-refractivity contribution in [2.24, 2.45) is 0 Å². The van der Waals surface area contributed by atoms with E-state index in [-0.39, 0.29) is 12.0 Å². The summed E-state index contributed by atoms with van der Waals surface area (Å²) in [4.78, 5) is 0. The van der Waals surface area contributed by atoms with E-state index in [0.29, 0.717) is 13.0 Å². The molecule has 0 spiro atoms. The fourth-order valence-corrected chi connectivity index (χ4v) is 1.27. The molecule has 0 aromatic carbocycles. The summed E-state index contributed by atoms with van der Waals surface area (Å²) in [6, 6.07) is 0. The summed E-state index contributed by atoms with van der Waals surface area (Å²) >= 11 is 0. The van der Waals surface area contributed by atoms with Crippen LogP contribution in [-0.2, 0) is 4.74 Å². The first-order valence-electron chi connectivity index (χ1n) is 5.84. The highest BCUT2D eigenvalue weighted by Crippen LogP contribution is 2.35. The molecule has 0 aromatic heterocycles. The topological polar surface area (TPSA) is 21.3 Å². The number of hydrogen-bond donors (Lipinski definition) is 1. The second kappa shape index (κ2) is 6.78. The van der Waals surface area contributed by atoms with Gasteiger partial charge >= 0.3 is 12.4 Å². The summed E-state index contributed by atoms with van der Waals surface area (Å²) in [5.41, 5.74) is -0.138. The molecule has 0 rings (SSSR count). The number of nitrogens with one attached hydrogen (secondary N) is 1. The molecule has 19 heavy (non-hydrogen) atoms. The van der Waals surface area contributed by atoms with E-state index in [4.69, 9.17) is 0 Å². The van der Waals surface area contributed by atoms with Crippen molar-refractivity contribution in [1.29, 1.82) is 0 Å². The molecule has 0 fully saturated rings. The van der Waals surface area contributed by atoms with Crippen LogP contribution in [0, 0.1) is 0 Å². The van der Waals surface area contributed by atoms with E-state index in [1.165, 1.54) is 0 Å².